The quantitative estimate of drug-likeness (QED) is 0.0533. The largest absolute Gasteiger partial charge is 0.459 e. The van der Waals surface area contributed by atoms with Crippen LogP contribution in [-0.4, -0.2) is 104 Å². The molecule has 2 fully saturated rings. The van der Waals surface area contributed by atoms with Gasteiger partial charge in [0.25, 0.3) is 0 Å². The molecule has 0 aromatic heterocycles. The van der Waals surface area contributed by atoms with Gasteiger partial charge in [-0.2, -0.15) is 0 Å². The topological polar surface area (TPSA) is 181 Å². The molecule has 1 N–H and O–H groups in total. The van der Waals surface area contributed by atoms with E-state index in [1.54, 1.807) is 84.9 Å². The average Bonchev–Trinajstić information content (AvgIpc) is 3.47. The number of hydrogen-bond acceptors (Lipinski definition) is 15. The number of benzene rings is 7. The van der Waals surface area contributed by atoms with E-state index in [-0.39, 0.29) is 48.7 Å². The zero-order chi connectivity index (χ0) is 52.5. The number of aliphatic hydroxyl groups is 1. The summed E-state index contributed by atoms with van der Waals surface area (Å²) in [6.45, 7) is -0.534. The molecular weight excluding hydrogens is 973 g/mol. The molecule has 0 amide bonds. The first-order valence-electron chi connectivity index (χ1n) is 24.8. The van der Waals surface area contributed by atoms with Crippen molar-refractivity contribution < 1.29 is 71.7 Å². The van der Waals surface area contributed by atoms with Gasteiger partial charge in [-0.1, -0.05) is 164 Å². The molecule has 7 aromatic carbocycles. The fraction of sp³-hybridized carbons (Fsp3) is 0.246. The van der Waals surface area contributed by atoms with Crippen LogP contribution in [0.15, 0.2) is 212 Å². The van der Waals surface area contributed by atoms with E-state index in [9.17, 15) is 24.3 Å². The van der Waals surface area contributed by atoms with Gasteiger partial charge < -0.3 is 52.5 Å². The first kappa shape index (κ1) is 53.0. The Balaban J connectivity index is 1.15. The summed E-state index contributed by atoms with van der Waals surface area (Å²) in [5.41, 5.74) is 2.97. The second kappa shape index (κ2) is 26.6. The fourth-order valence-electron chi connectivity index (χ4n) is 8.76. The van der Waals surface area contributed by atoms with Crippen molar-refractivity contribution in [3.63, 3.8) is 0 Å². The molecule has 390 valence electrons. The van der Waals surface area contributed by atoms with Crippen LogP contribution < -0.4 is 0 Å². The third kappa shape index (κ3) is 14.1. The van der Waals surface area contributed by atoms with Crippen molar-refractivity contribution in [2.75, 3.05) is 13.2 Å². The van der Waals surface area contributed by atoms with Gasteiger partial charge in [-0.05, 0) is 65.2 Å². The van der Waals surface area contributed by atoms with Crippen molar-refractivity contribution >= 4 is 23.9 Å². The van der Waals surface area contributed by atoms with Gasteiger partial charge in [-0.15, -0.1) is 0 Å². The Morgan fingerprint density at radius 2 is 0.737 bits per heavy atom. The number of carbonyl (C=O) groups excluding carboxylic acids is 4. The van der Waals surface area contributed by atoms with Crippen LogP contribution >= 0.6 is 0 Å². The lowest BCUT2D eigenvalue weighted by Gasteiger charge is -2.49. The van der Waals surface area contributed by atoms with Gasteiger partial charge in [-0.3, -0.25) is 0 Å². The molecule has 0 bridgehead atoms. The van der Waals surface area contributed by atoms with Crippen molar-refractivity contribution in [3.8, 4) is 0 Å². The van der Waals surface area contributed by atoms with Crippen molar-refractivity contribution in [2.45, 2.75) is 81.2 Å². The molecule has 7 aromatic rings. The maximum atomic E-state index is 14.5. The minimum Gasteiger partial charge on any atom is -0.459 e. The second-order valence-electron chi connectivity index (χ2n) is 17.9. The van der Waals surface area contributed by atoms with Crippen LogP contribution in [0.4, 0.5) is 0 Å². The second-order valence-corrected chi connectivity index (χ2v) is 17.9. The lowest BCUT2D eigenvalue weighted by atomic mass is 9.95. The summed E-state index contributed by atoms with van der Waals surface area (Å²) in [7, 11) is 0. The van der Waals surface area contributed by atoms with Crippen LogP contribution in [-0.2, 0) is 67.2 Å². The molecule has 2 saturated heterocycles. The summed E-state index contributed by atoms with van der Waals surface area (Å²) >= 11 is 0. The minimum absolute atomic E-state index is 0.0241. The van der Waals surface area contributed by atoms with Crippen molar-refractivity contribution in [1.29, 1.82) is 0 Å². The zero-order valence-electron chi connectivity index (χ0n) is 41.2. The molecule has 0 saturated carbocycles. The number of ether oxygens (including phenoxy) is 10. The molecule has 2 aliphatic rings. The Bertz CT molecular complexity index is 2900. The van der Waals surface area contributed by atoms with Gasteiger partial charge in [-0.25, -0.2) is 19.2 Å². The van der Waals surface area contributed by atoms with E-state index in [4.69, 9.17) is 47.4 Å². The van der Waals surface area contributed by atoms with E-state index in [0.717, 1.165) is 16.7 Å². The number of hydrogen-bond donors (Lipinski definition) is 1. The van der Waals surface area contributed by atoms with Crippen molar-refractivity contribution in [3.05, 3.63) is 251 Å². The lowest BCUT2D eigenvalue weighted by Crippen LogP contribution is -2.67. The molecule has 0 aliphatic carbocycles. The lowest BCUT2D eigenvalue weighted by molar-refractivity contribution is -0.364. The van der Waals surface area contributed by atoms with Gasteiger partial charge in [0.1, 0.15) is 37.1 Å². The van der Waals surface area contributed by atoms with Gasteiger partial charge in [0.05, 0.1) is 48.7 Å². The maximum absolute atomic E-state index is 14.5. The molecular formula is C61H56O15. The standard InChI is InChI=1S/C61H56O15/c62-56(44-28-14-4-15-29-44)70-40-49-51(73-57(63)45-30-16-5-17-31-45)53(74-58(64)46-32-18-6-19-33-46)55(75-59(65)47-34-20-7-21-35-47)61(72-49)76-52-50(68-37-42-24-10-2-11-25-42)48(39-67-36-41-22-8-1-9-23-41)71-60(66)54(52)69-38-43-26-12-3-13-27-43/h1-35,48-55,60-61,66H,36-40H2/t48-,49-,50-,51-,52+,53+,54-,55-,60+,61+/m1/s1. The first-order chi connectivity index (χ1) is 37.3. The van der Waals surface area contributed by atoms with E-state index < -0.39 is 91.9 Å². The Kier molecular flexibility index (Phi) is 18.5. The Hall–Kier alpha value is -7.86. The highest BCUT2D eigenvalue weighted by Gasteiger charge is 2.57. The fourth-order valence-corrected chi connectivity index (χ4v) is 8.76. The van der Waals surface area contributed by atoms with E-state index in [1.807, 2.05) is 91.0 Å². The molecule has 15 heteroatoms. The minimum atomic E-state index is -1.79. The number of rotatable bonds is 21. The smallest absolute Gasteiger partial charge is 0.338 e. The third-order valence-electron chi connectivity index (χ3n) is 12.6. The zero-order valence-corrected chi connectivity index (χ0v) is 41.2. The highest BCUT2D eigenvalue weighted by molar-refractivity contribution is 5.91. The van der Waals surface area contributed by atoms with E-state index in [1.165, 1.54) is 36.4 Å². The Morgan fingerprint density at radius 3 is 1.20 bits per heavy atom. The summed E-state index contributed by atoms with van der Waals surface area (Å²) in [6, 6.07) is 60.5. The van der Waals surface area contributed by atoms with E-state index in [2.05, 4.69) is 0 Å². The normalized spacial score (nSPS) is 23.1. The number of aliphatic hydroxyl groups excluding tert-OH is 1. The van der Waals surface area contributed by atoms with Gasteiger partial charge in [0.15, 0.2) is 30.9 Å². The molecule has 9 rings (SSSR count). The molecule has 0 unspecified atom stereocenters. The maximum Gasteiger partial charge on any atom is 0.338 e. The van der Waals surface area contributed by atoms with E-state index in [0.29, 0.717) is 0 Å². The molecule has 0 spiro atoms. The third-order valence-corrected chi connectivity index (χ3v) is 12.6. The SMILES string of the molecule is O=C(OC[C@H]1O[C@@H](O[C@@H]2[C@@H](OCc3ccccc3)[C@@H](O)O[C@H](COCc3ccccc3)[C@H]2OCc2ccccc2)[C@H](OC(=O)c2ccccc2)[C@@H](OC(=O)c2ccccc2)[C@@H]1OC(=O)c1ccccc1)c1ccccc1. The predicted octanol–water partition coefficient (Wildman–Crippen LogP) is 8.74. The molecule has 15 nitrogen and oxygen atoms in total. The summed E-state index contributed by atoms with van der Waals surface area (Å²) < 4.78 is 64.7. The highest BCUT2D eigenvalue weighted by Crippen LogP contribution is 2.36. The first-order valence-corrected chi connectivity index (χ1v) is 24.8. The summed E-state index contributed by atoms with van der Waals surface area (Å²) in [5.74, 6) is -3.40. The number of esters is 4. The van der Waals surface area contributed by atoms with Crippen LogP contribution in [0.2, 0.25) is 0 Å². The van der Waals surface area contributed by atoms with Crippen LogP contribution in [0.5, 0.6) is 0 Å². The Morgan fingerprint density at radius 1 is 0.368 bits per heavy atom. The number of carbonyl (C=O) groups is 4. The highest BCUT2D eigenvalue weighted by atomic mass is 16.8. The molecule has 76 heavy (non-hydrogen) atoms. The van der Waals surface area contributed by atoms with E-state index >= 15 is 0 Å². The van der Waals surface area contributed by atoms with Crippen LogP contribution in [0.25, 0.3) is 0 Å². The van der Waals surface area contributed by atoms with Crippen LogP contribution in [0.3, 0.4) is 0 Å². The molecule has 10 atom stereocenters. The Labute approximate surface area is 439 Å². The molecule has 0 radical (unpaired) electrons. The summed E-state index contributed by atoms with van der Waals surface area (Å²) in [5, 5.41) is 12.1. The monoisotopic (exact) mass is 1030 g/mol. The van der Waals surface area contributed by atoms with Gasteiger partial charge in [0.2, 0.25) is 0 Å². The molecule has 2 heterocycles. The van der Waals surface area contributed by atoms with Crippen molar-refractivity contribution in [2.24, 2.45) is 0 Å². The summed E-state index contributed by atoms with van der Waals surface area (Å²) in [6.07, 6.45) is -15.0. The van der Waals surface area contributed by atoms with Crippen LogP contribution in [0.1, 0.15) is 58.1 Å². The summed E-state index contributed by atoms with van der Waals surface area (Å²) in [4.78, 5) is 56.8. The van der Waals surface area contributed by atoms with Gasteiger partial charge >= 0.3 is 23.9 Å². The molecule has 2 aliphatic heterocycles. The van der Waals surface area contributed by atoms with Crippen molar-refractivity contribution in [1.82, 2.24) is 0 Å². The predicted molar refractivity (Wildman–Crippen MR) is 274 cm³/mol. The average molecular weight is 1030 g/mol. The van der Waals surface area contributed by atoms with Crippen LogP contribution in [0, 0.1) is 0 Å². The van der Waals surface area contributed by atoms with Gasteiger partial charge in [0, 0.05) is 0 Å².